The third kappa shape index (κ3) is 13.1. The van der Waals surface area contributed by atoms with E-state index in [2.05, 4.69) is 30.8 Å². The summed E-state index contributed by atoms with van der Waals surface area (Å²) in [5, 5.41) is 19.0. The first-order chi connectivity index (χ1) is 34.9. The van der Waals surface area contributed by atoms with Crippen LogP contribution in [-0.2, 0) is 31.9 Å². The molecule has 21 heteroatoms. The number of aromatic nitrogens is 2. The Kier molecular flexibility index (Phi) is 17.2. The van der Waals surface area contributed by atoms with Crippen LogP contribution in [0.5, 0.6) is 0 Å². The van der Waals surface area contributed by atoms with Gasteiger partial charge in [-0.2, -0.15) is 13.2 Å². The number of aromatic amines is 1. The Balaban J connectivity index is 0.936. The molecule has 1 unspecified atom stereocenters. The number of benzene rings is 2. The Morgan fingerprint density at radius 1 is 0.973 bits per heavy atom. The first-order valence-electron chi connectivity index (χ1n) is 24.8. The second-order valence-electron chi connectivity index (χ2n) is 20.7. The van der Waals surface area contributed by atoms with Crippen molar-refractivity contribution in [2.45, 2.75) is 123 Å². The lowest BCUT2D eigenvalue weighted by molar-refractivity contribution is -0.144. The Bertz CT molecular complexity index is 2820. The minimum atomic E-state index is -5.01. The number of H-pyrrole nitrogens is 1. The normalized spacial score (nSPS) is 20.0. The molecule has 2 fully saturated rings. The fourth-order valence-corrected chi connectivity index (χ4v) is 10.5. The van der Waals surface area contributed by atoms with E-state index in [1.807, 2.05) is 57.0 Å². The van der Waals surface area contributed by atoms with Gasteiger partial charge in [0.05, 0.1) is 44.7 Å². The summed E-state index contributed by atoms with van der Waals surface area (Å²) in [5.41, 5.74) is 1.59. The fraction of sp³-hybridized carbons (Fsp3) is 0.491. The number of nitrogens with one attached hydrogen (secondary N) is 4. The molecule has 7 rings (SSSR count). The number of alkyl halides is 3. The van der Waals surface area contributed by atoms with E-state index in [0.29, 0.717) is 43.8 Å². The van der Waals surface area contributed by atoms with E-state index < -0.39 is 75.9 Å². The number of β-amino-alcohol motifs (C(OH)–C–C–N with tert-alkyl or cyclic N) is 1. The SMILES string of the molecule is Cc1ncsc1-c1ccc(CNC(=O)[C@@H]2C[C@@H](O)CN2C(=O)C(NC(=O)CCCCC(=O)N2CC=C(c3cc(NC(=O)c4c[nH]c(=O)cc4C(F)(F)F)c(N4C[C@@H](C)N(C)[C@@H](C)C4)cc3F)CC2)C(C)(C)C)cc1. The highest BCUT2D eigenvalue weighted by Crippen LogP contribution is 2.38. The molecule has 0 radical (unpaired) electrons. The first-order valence-corrected chi connectivity index (χ1v) is 25.7. The van der Waals surface area contributed by atoms with E-state index in [-0.39, 0.29) is 86.8 Å². The van der Waals surface area contributed by atoms with E-state index >= 15 is 4.39 Å². The van der Waals surface area contributed by atoms with Gasteiger partial charge in [0.15, 0.2) is 0 Å². The van der Waals surface area contributed by atoms with Crippen molar-refractivity contribution in [3.63, 3.8) is 0 Å². The van der Waals surface area contributed by atoms with Crippen LogP contribution in [0.1, 0.15) is 106 Å². The molecule has 2 saturated heterocycles. The summed E-state index contributed by atoms with van der Waals surface area (Å²) in [6.45, 7) is 12.7. The molecule has 3 aliphatic rings. The number of nitrogens with zero attached hydrogens (tertiary/aromatic N) is 5. The van der Waals surface area contributed by atoms with Gasteiger partial charge in [-0.05, 0) is 81.3 Å². The standard InChI is InChI=1S/C53H65F4N9O7S/c1-30-26-65(27-31(2)63(30)7)42-23-40(54)37(21-41(42)61-49(71)38-25-58-45(69)22-39(38)53(55,56)57)34-16-18-64(19-17-34)46(70)11-9-8-10-44(68)62-48(52(4,5)6)51(73)66-28-36(67)20-43(66)50(72)59-24-33-12-14-35(15-13-33)47-32(3)60-29-74-47/h12-16,21-23,25,29-31,36,43,48,67H,8-11,17-20,24,26-28H2,1-7H3,(H,58,69)(H,59,72)(H,61,71)(H,62,68)/t30-,31+,36-,43+,48?/m1/s1. The quantitative estimate of drug-likeness (QED) is 0.0629. The Morgan fingerprint density at radius 3 is 2.28 bits per heavy atom. The zero-order chi connectivity index (χ0) is 53.8. The van der Waals surface area contributed by atoms with Gasteiger partial charge >= 0.3 is 6.18 Å². The number of amides is 5. The number of aliphatic hydroxyl groups is 1. The maximum Gasteiger partial charge on any atom is 0.417 e. The smallest absolute Gasteiger partial charge is 0.391 e. The van der Waals surface area contributed by atoms with Gasteiger partial charge in [0.2, 0.25) is 29.2 Å². The number of aryl methyl sites for hydroxylation is 1. The van der Waals surface area contributed by atoms with Crippen LogP contribution in [0.15, 0.2) is 65.0 Å². The van der Waals surface area contributed by atoms with Crippen LogP contribution in [0.25, 0.3) is 16.0 Å². The number of piperazine rings is 1. The minimum Gasteiger partial charge on any atom is -0.391 e. The summed E-state index contributed by atoms with van der Waals surface area (Å²) < 4.78 is 58.2. The van der Waals surface area contributed by atoms with E-state index in [1.54, 1.807) is 48.6 Å². The highest BCUT2D eigenvalue weighted by Gasteiger charge is 2.45. The molecule has 74 heavy (non-hydrogen) atoms. The van der Waals surface area contributed by atoms with Crippen LogP contribution in [0.3, 0.4) is 0 Å². The largest absolute Gasteiger partial charge is 0.417 e. The molecule has 2 aromatic carbocycles. The summed E-state index contributed by atoms with van der Waals surface area (Å²) in [6.07, 6.45) is -2.43. The molecule has 0 spiro atoms. The molecule has 0 aliphatic carbocycles. The molecule has 5 N–H and O–H groups in total. The average Bonchev–Trinajstić information content (AvgIpc) is 3.97. The van der Waals surface area contributed by atoms with Crippen LogP contribution in [0.4, 0.5) is 28.9 Å². The van der Waals surface area contributed by atoms with Gasteiger partial charge in [0.1, 0.15) is 17.9 Å². The fourth-order valence-electron chi connectivity index (χ4n) is 9.73. The lowest BCUT2D eigenvalue weighted by Crippen LogP contribution is -2.57. The van der Waals surface area contributed by atoms with Crippen LogP contribution >= 0.6 is 11.3 Å². The van der Waals surface area contributed by atoms with Crippen molar-refractivity contribution in [3.05, 3.63) is 104 Å². The van der Waals surface area contributed by atoms with Crippen molar-refractivity contribution in [3.8, 4) is 10.4 Å². The first kappa shape index (κ1) is 55.3. The van der Waals surface area contributed by atoms with E-state index in [1.165, 1.54) is 17.0 Å². The van der Waals surface area contributed by atoms with Gasteiger partial charge in [0, 0.05) is 88.4 Å². The molecular formula is C53H65F4N9O7S. The molecule has 5 heterocycles. The summed E-state index contributed by atoms with van der Waals surface area (Å²) in [6, 6.07) is 8.82. The van der Waals surface area contributed by atoms with Crippen molar-refractivity contribution in [1.82, 2.24) is 35.3 Å². The number of unbranched alkanes of at least 4 members (excludes halogenated alkanes) is 1. The molecule has 3 aliphatic heterocycles. The number of likely N-dealkylation sites (tertiary alicyclic amines) is 1. The summed E-state index contributed by atoms with van der Waals surface area (Å²) in [7, 11) is 1.96. The van der Waals surface area contributed by atoms with Crippen molar-refractivity contribution in [1.29, 1.82) is 0 Å². The third-order valence-corrected chi connectivity index (χ3v) is 15.1. The van der Waals surface area contributed by atoms with E-state index in [9.17, 15) is 47.0 Å². The number of anilines is 2. The number of carbonyl (C=O) groups is 5. The minimum absolute atomic E-state index is 0.0188. The highest BCUT2D eigenvalue weighted by molar-refractivity contribution is 7.13. The van der Waals surface area contributed by atoms with Crippen molar-refractivity contribution < 1.29 is 46.6 Å². The molecule has 2 aromatic heterocycles. The van der Waals surface area contributed by atoms with Gasteiger partial charge in [-0.3, -0.25) is 33.7 Å². The summed E-state index contributed by atoms with van der Waals surface area (Å²) in [4.78, 5) is 94.3. The number of rotatable bonds is 15. The van der Waals surface area contributed by atoms with Crippen LogP contribution in [0, 0.1) is 18.2 Å². The molecule has 0 saturated carbocycles. The number of thiazole rings is 1. The predicted octanol–water partition coefficient (Wildman–Crippen LogP) is 6.73. The van der Waals surface area contributed by atoms with E-state index in [0.717, 1.165) is 21.7 Å². The second kappa shape index (κ2) is 23.0. The van der Waals surface area contributed by atoms with Gasteiger partial charge < -0.3 is 40.7 Å². The van der Waals surface area contributed by atoms with Crippen molar-refractivity contribution in [2.24, 2.45) is 5.41 Å². The zero-order valence-corrected chi connectivity index (χ0v) is 43.5. The highest BCUT2D eigenvalue weighted by atomic mass is 32.1. The van der Waals surface area contributed by atoms with Crippen LogP contribution < -0.4 is 26.4 Å². The number of aliphatic hydroxyl groups excluding tert-OH is 1. The maximum absolute atomic E-state index is 16.2. The molecular weight excluding hydrogens is 983 g/mol. The zero-order valence-electron chi connectivity index (χ0n) is 42.7. The number of hydrogen-bond donors (Lipinski definition) is 5. The predicted molar refractivity (Wildman–Crippen MR) is 275 cm³/mol. The molecule has 0 bridgehead atoms. The molecule has 398 valence electrons. The van der Waals surface area contributed by atoms with Gasteiger partial charge in [-0.1, -0.05) is 51.1 Å². The Morgan fingerprint density at radius 2 is 1.66 bits per heavy atom. The number of pyridine rings is 1. The van der Waals surface area contributed by atoms with Gasteiger partial charge in [0.25, 0.3) is 5.91 Å². The summed E-state index contributed by atoms with van der Waals surface area (Å²) in [5.74, 6) is -3.26. The Hall–Kier alpha value is -6.45. The third-order valence-electron chi connectivity index (χ3n) is 14.2. The van der Waals surface area contributed by atoms with Gasteiger partial charge in [-0.15, -0.1) is 11.3 Å². The van der Waals surface area contributed by atoms with Crippen LogP contribution in [0.2, 0.25) is 0 Å². The molecule has 4 aromatic rings. The van der Waals surface area contributed by atoms with E-state index in [4.69, 9.17) is 0 Å². The molecule has 16 nitrogen and oxygen atoms in total. The molecule has 5 amide bonds. The molecule has 5 atom stereocenters. The number of carbonyl (C=O) groups excluding carboxylic acids is 5. The average molecular weight is 1050 g/mol. The Labute approximate surface area is 431 Å². The maximum atomic E-state index is 16.2. The second-order valence-corrected chi connectivity index (χ2v) is 21.5. The number of likely N-dealkylation sites (N-methyl/N-ethyl adjacent to an activating group) is 1. The monoisotopic (exact) mass is 1050 g/mol. The van der Waals surface area contributed by atoms with Crippen LogP contribution in [-0.4, -0.2) is 129 Å². The van der Waals surface area contributed by atoms with Crippen molar-refractivity contribution >= 4 is 57.8 Å². The number of hydrogen-bond acceptors (Lipinski definition) is 11. The lowest BCUT2D eigenvalue weighted by atomic mass is 9.85. The summed E-state index contributed by atoms with van der Waals surface area (Å²) >= 11 is 1.55. The van der Waals surface area contributed by atoms with Gasteiger partial charge in [-0.25, -0.2) is 9.37 Å². The number of halogens is 4. The van der Waals surface area contributed by atoms with Crippen molar-refractivity contribution in [2.75, 3.05) is 50.0 Å². The topological polar surface area (TPSA) is 200 Å². The lowest BCUT2D eigenvalue weighted by Gasteiger charge is -2.44.